The zero-order chi connectivity index (χ0) is 13.0. The van der Waals surface area contributed by atoms with Crippen LogP contribution in [0.1, 0.15) is 6.42 Å². The van der Waals surface area contributed by atoms with Crippen molar-refractivity contribution in [2.45, 2.75) is 13.0 Å². The predicted octanol–water partition coefficient (Wildman–Crippen LogP) is 2.67. The highest BCUT2D eigenvalue weighted by atomic mass is 35.5. The number of nitrogens with one attached hydrogen (secondary N) is 1. The molecule has 0 saturated heterocycles. The Kier molecular flexibility index (Phi) is 4.28. The molecule has 0 aliphatic rings. The lowest BCUT2D eigenvalue weighted by molar-refractivity contribution is 0.570. The number of nitrogen functional groups attached to an aromatic ring is 1. The maximum atomic E-state index is 6.06. The molecular weight excluding hydrogens is 273 g/mol. The van der Waals surface area contributed by atoms with Crippen LogP contribution in [0.25, 0.3) is 0 Å². The third-order valence-corrected chi connectivity index (χ3v) is 3.00. The summed E-state index contributed by atoms with van der Waals surface area (Å²) in [4.78, 5) is 0. The molecule has 1 heterocycles. The van der Waals surface area contributed by atoms with Crippen LogP contribution in [0.4, 0.5) is 11.4 Å². The van der Waals surface area contributed by atoms with Gasteiger partial charge in [0.15, 0.2) is 0 Å². The van der Waals surface area contributed by atoms with Crippen LogP contribution in [0.3, 0.4) is 0 Å². The van der Waals surface area contributed by atoms with Crippen LogP contribution in [0.15, 0.2) is 24.5 Å². The Morgan fingerprint density at radius 2 is 2.00 bits per heavy atom. The highest BCUT2D eigenvalue weighted by Crippen LogP contribution is 2.32. The number of aryl methyl sites for hydroxylation is 1. The summed E-state index contributed by atoms with van der Waals surface area (Å²) in [5.41, 5.74) is 6.90. The van der Waals surface area contributed by atoms with Gasteiger partial charge in [0.2, 0.25) is 0 Å². The molecule has 3 N–H and O–H groups in total. The summed E-state index contributed by atoms with van der Waals surface area (Å²) in [6, 6.07) is 3.35. The minimum Gasteiger partial charge on any atom is -0.399 e. The van der Waals surface area contributed by atoms with Crippen molar-refractivity contribution >= 4 is 34.6 Å². The molecule has 0 amide bonds. The van der Waals surface area contributed by atoms with Gasteiger partial charge in [-0.25, -0.2) is 0 Å². The fraction of sp³-hybridized carbons (Fsp3) is 0.273. The molecule has 0 radical (unpaired) electrons. The molecule has 0 bridgehead atoms. The molecule has 0 unspecified atom stereocenters. The summed E-state index contributed by atoms with van der Waals surface area (Å²) in [7, 11) is 0. The third-order valence-electron chi connectivity index (χ3n) is 2.40. The molecule has 1 aromatic carbocycles. The second-order valence-electron chi connectivity index (χ2n) is 3.81. The van der Waals surface area contributed by atoms with Gasteiger partial charge in [-0.15, -0.1) is 5.10 Å². The Hall–Kier alpha value is -1.46. The van der Waals surface area contributed by atoms with Gasteiger partial charge in [-0.1, -0.05) is 28.4 Å². The predicted molar refractivity (Wildman–Crippen MR) is 74.0 cm³/mol. The van der Waals surface area contributed by atoms with Gasteiger partial charge in [0.05, 0.1) is 21.9 Å². The van der Waals surface area contributed by atoms with E-state index in [1.54, 1.807) is 23.0 Å². The van der Waals surface area contributed by atoms with Crippen LogP contribution in [-0.4, -0.2) is 21.5 Å². The molecule has 1 aromatic heterocycles. The van der Waals surface area contributed by atoms with Gasteiger partial charge in [-0.3, -0.25) is 4.68 Å². The van der Waals surface area contributed by atoms with Crippen molar-refractivity contribution < 1.29 is 0 Å². The number of aromatic nitrogens is 3. The molecule has 0 saturated carbocycles. The highest BCUT2D eigenvalue weighted by Gasteiger charge is 2.06. The Bertz CT molecular complexity index is 489. The molecule has 7 heteroatoms. The average molecular weight is 286 g/mol. The van der Waals surface area contributed by atoms with Gasteiger partial charge in [0.1, 0.15) is 0 Å². The summed E-state index contributed by atoms with van der Waals surface area (Å²) in [6.45, 7) is 1.53. The highest BCUT2D eigenvalue weighted by molar-refractivity contribution is 6.39. The van der Waals surface area contributed by atoms with Crippen LogP contribution in [0.2, 0.25) is 10.0 Å². The molecule has 0 aliphatic carbocycles. The summed E-state index contributed by atoms with van der Waals surface area (Å²) in [5.74, 6) is 0. The van der Waals surface area contributed by atoms with Crippen molar-refractivity contribution in [1.29, 1.82) is 0 Å². The summed E-state index contributed by atoms with van der Waals surface area (Å²) < 4.78 is 1.77. The average Bonchev–Trinajstić information content (AvgIpc) is 2.79. The molecule has 5 nitrogen and oxygen atoms in total. The Labute approximate surface area is 115 Å². The maximum Gasteiger partial charge on any atom is 0.0720 e. The van der Waals surface area contributed by atoms with Gasteiger partial charge < -0.3 is 11.1 Å². The van der Waals surface area contributed by atoms with Crippen LogP contribution in [-0.2, 0) is 6.54 Å². The van der Waals surface area contributed by atoms with E-state index in [2.05, 4.69) is 15.6 Å². The van der Waals surface area contributed by atoms with Crippen molar-refractivity contribution in [1.82, 2.24) is 15.0 Å². The summed E-state index contributed by atoms with van der Waals surface area (Å²) in [6.07, 6.45) is 4.37. The van der Waals surface area contributed by atoms with Gasteiger partial charge in [0.25, 0.3) is 0 Å². The molecule has 2 rings (SSSR count). The van der Waals surface area contributed by atoms with E-state index < -0.39 is 0 Å². The lowest BCUT2D eigenvalue weighted by Gasteiger charge is -2.11. The maximum absolute atomic E-state index is 6.06. The van der Waals surface area contributed by atoms with E-state index in [9.17, 15) is 0 Å². The molecular formula is C11H13Cl2N5. The Morgan fingerprint density at radius 3 is 2.61 bits per heavy atom. The first kappa shape index (κ1) is 13.0. The molecule has 0 spiro atoms. The van der Waals surface area contributed by atoms with E-state index in [1.165, 1.54) is 0 Å². The van der Waals surface area contributed by atoms with Crippen LogP contribution < -0.4 is 11.1 Å². The van der Waals surface area contributed by atoms with Crippen molar-refractivity contribution in [3.05, 3.63) is 34.6 Å². The van der Waals surface area contributed by atoms with Crippen LogP contribution >= 0.6 is 23.2 Å². The van der Waals surface area contributed by atoms with Gasteiger partial charge in [0, 0.05) is 25.0 Å². The van der Waals surface area contributed by atoms with Crippen molar-refractivity contribution in [3.63, 3.8) is 0 Å². The van der Waals surface area contributed by atoms with Crippen LogP contribution in [0, 0.1) is 0 Å². The number of nitrogens with zero attached hydrogens (tertiary/aromatic N) is 3. The second-order valence-corrected chi connectivity index (χ2v) is 4.62. The lowest BCUT2D eigenvalue weighted by atomic mass is 10.2. The van der Waals surface area contributed by atoms with E-state index in [0.717, 1.165) is 19.5 Å². The number of benzene rings is 1. The van der Waals surface area contributed by atoms with E-state index in [-0.39, 0.29) is 0 Å². The monoisotopic (exact) mass is 285 g/mol. The first-order valence-corrected chi connectivity index (χ1v) is 6.25. The molecule has 0 aliphatic heterocycles. The number of hydrogen-bond donors (Lipinski definition) is 2. The quantitative estimate of drug-likeness (QED) is 0.655. The number of anilines is 2. The molecule has 18 heavy (non-hydrogen) atoms. The minimum atomic E-state index is 0.528. The summed E-state index contributed by atoms with van der Waals surface area (Å²) >= 11 is 12.1. The molecule has 2 aromatic rings. The normalized spacial score (nSPS) is 10.6. The molecule has 0 fully saturated rings. The molecule has 96 valence electrons. The topological polar surface area (TPSA) is 68.8 Å². The van der Waals surface area contributed by atoms with E-state index in [1.807, 2.05) is 6.20 Å². The van der Waals surface area contributed by atoms with Gasteiger partial charge in [-0.05, 0) is 18.6 Å². The lowest BCUT2D eigenvalue weighted by Crippen LogP contribution is -2.08. The van der Waals surface area contributed by atoms with Crippen molar-refractivity contribution in [3.8, 4) is 0 Å². The number of halogens is 2. The third kappa shape index (κ3) is 3.27. The largest absolute Gasteiger partial charge is 0.399 e. The zero-order valence-corrected chi connectivity index (χ0v) is 11.1. The fourth-order valence-corrected chi connectivity index (χ4v) is 2.21. The Morgan fingerprint density at radius 1 is 1.28 bits per heavy atom. The van der Waals surface area contributed by atoms with E-state index in [4.69, 9.17) is 28.9 Å². The number of nitrogens with two attached hydrogens (primary N) is 1. The SMILES string of the molecule is Nc1cc(Cl)c(NCCCn2ccnn2)c(Cl)c1. The Balaban J connectivity index is 1.87. The van der Waals surface area contributed by atoms with Crippen molar-refractivity contribution in [2.75, 3.05) is 17.6 Å². The summed E-state index contributed by atoms with van der Waals surface area (Å²) in [5, 5.41) is 11.9. The smallest absolute Gasteiger partial charge is 0.0720 e. The fourth-order valence-electron chi connectivity index (χ4n) is 1.57. The number of rotatable bonds is 5. The second kappa shape index (κ2) is 5.93. The zero-order valence-electron chi connectivity index (χ0n) is 9.61. The molecule has 0 atom stereocenters. The minimum absolute atomic E-state index is 0.528. The van der Waals surface area contributed by atoms with Crippen LogP contribution in [0.5, 0.6) is 0 Å². The van der Waals surface area contributed by atoms with Gasteiger partial charge >= 0.3 is 0 Å². The van der Waals surface area contributed by atoms with Gasteiger partial charge in [-0.2, -0.15) is 0 Å². The first-order valence-electron chi connectivity index (χ1n) is 5.49. The standard InChI is InChI=1S/C11H13Cl2N5/c12-9-6-8(14)7-10(13)11(9)15-2-1-4-18-5-3-16-17-18/h3,5-7,15H,1-2,4,14H2. The number of hydrogen-bond acceptors (Lipinski definition) is 4. The van der Waals surface area contributed by atoms with E-state index in [0.29, 0.717) is 21.4 Å². The first-order chi connectivity index (χ1) is 8.66. The van der Waals surface area contributed by atoms with E-state index >= 15 is 0 Å². The van der Waals surface area contributed by atoms with Crippen molar-refractivity contribution in [2.24, 2.45) is 0 Å².